The summed E-state index contributed by atoms with van der Waals surface area (Å²) >= 11 is 6.10. The molecule has 32 heavy (non-hydrogen) atoms. The quantitative estimate of drug-likeness (QED) is 0.341. The van der Waals surface area contributed by atoms with Crippen molar-refractivity contribution in [3.05, 3.63) is 100 Å². The van der Waals surface area contributed by atoms with Crippen molar-refractivity contribution in [3.63, 3.8) is 0 Å². The molecule has 0 atom stereocenters. The Hall–Kier alpha value is -3.76. The number of nitrogens with one attached hydrogen (secondary N) is 1. The standard InChI is InChI=1S/C24H16ClF3N2O2/c25-22-7-2-1-4-17(22)15-32-21-10-8-16(9-11-21)12-18(14-29)23(31)30-20-6-3-5-19(13-20)24(26,27)28/h1-13H,15H2,(H,30,31)/b18-12+. The van der Waals surface area contributed by atoms with Gasteiger partial charge in [-0.05, 0) is 48.0 Å². The van der Waals surface area contributed by atoms with Gasteiger partial charge in [-0.3, -0.25) is 4.79 Å². The predicted octanol–water partition coefficient (Wildman–Crippen LogP) is 6.48. The van der Waals surface area contributed by atoms with Crippen LogP contribution in [0.25, 0.3) is 6.08 Å². The highest BCUT2D eigenvalue weighted by Gasteiger charge is 2.30. The van der Waals surface area contributed by atoms with E-state index in [0.717, 1.165) is 17.7 Å². The number of benzene rings is 3. The van der Waals surface area contributed by atoms with Crippen LogP contribution in [0.4, 0.5) is 18.9 Å². The summed E-state index contributed by atoms with van der Waals surface area (Å²) in [4.78, 5) is 12.3. The van der Waals surface area contributed by atoms with Crippen LogP contribution in [-0.4, -0.2) is 5.91 Å². The number of ether oxygens (including phenoxy) is 1. The maximum absolute atomic E-state index is 12.8. The number of nitriles is 1. The second kappa shape index (κ2) is 10.0. The lowest BCUT2D eigenvalue weighted by Gasteiger charge is -2.10. The highest BCUT2D eigenvalue weighted by molar-refractivity contribution is 6.31. The van der Waals surface area contributed by atoms with Crippen molar-refractivity contribution in [1.82, 2.24) is 0 Å². The SMILES string of the molecule is N#C/C(=C\c1ccc(OCc2ccccc2Cl)cc1)C(=O)Nc1cccc(C(F)(F)F)c1. The molecule has 0 spiro atoms. The Bertz CT molecular complexity index is 1180. The number of carbonyl (C=O) groups excluding carboxylic acids is 1. The zero-order valence-electron chi connectivity index (χ0n) is 16.5. The van der Waals surface area contributed by atoms with Gasteiger partial charge in [0.1, 0.15) is 24.0 Å². The molecule has 1 amide bonds. The number of carbonyl (C=O) groups is 1. The van der Waals surface area contributed by atoms with Gasteiger partial charge < -0.3 is 10.1 Å². The van der Waals surface area contributed by atoms with Gasteiger partial charge in [0.2, 0.25) is 0 Å². The number of nitrogens with zero attached hydrogens (tertiary/aromatic N) is 1. The maximum atomic E-state index is 12.8. The molecule has 0 unspecified atom stereocenters. The zero-order chi connectivity index (χ0) is 23.1. The van der Waals surface area contributed by atoms with Gasteiger partial charge >= 0.3 is 6.18 Å². The van der Waals surface area contributed by atoms with Crippen LogP contribution in [0.15, 0.2) is 78.4 Å². The van der Waals surface area contributed by atoms with Gasteiger partial charge in [-0.15, -0.1) is 0 Å². The number of rotatable bonds is 6. The highest BCUT2D eigenvalue weighted by atomic mass is 35.5. The summed E-state index contributed by atoms with van der Waals surface area (Å²) < 4.78 is 44.2. The van der Waals surface area contributed by atoms with E-state index in [2.05, 4.69) is 5.32 Å². The topological polar surface area (TPSA) is 62.1 Å². The van der Waals surface area contributed by atoms with E-state index in [1.165, 1.54) is 18.2 Å². The summed E-state index contributed by atoms with van der Waals surface area (Å²) in [7, 11) is 0. The van der Waals surface area contributed by atoms with Crippen LogP contribution in [0, 0.1) is 11.3 Å². The summed E-state index contributed by atoms with van der Waals surface area (Å²) in [6.45, 7) is 0.275. The second-order valence-corrected chi connectivity index (χ2v) is 7.06. The normalized spacial score (nSPS) is 11.5. The minimum atomic E-state index is -4.54. The molecule has 0 aromatic heterocycles. The predicted molar refractivity (Wildman–Crippen MR) is 116 cm³/mol. The molecule has 0 heterocycles. The zero-order valence-corrected chi connectivity index (χ0v) is 17.2. The van der Waals surface area contributed by atoms with Gasteiger partial charge in [0.05, 0.1) is 5.56 Å². The molecule has 0 aliphatic heterocycles. The Morgan fingerprint density at radius 2 is 1.78 bits per heavy atom. The second-order valence-electron chi connectivity index (χ2n) is 6.65. The van der Waals surface area contributed by atoms with Gasteiger partial charge in [0.15, 0.2) is 0 Å². The van der Waals surface area contributed by atoms with Gasteiger partial charge in [-0.1, -0.05) is 48.0 Å². The van der Waals surface area contributed by atoms with Crippen molar-refractivity contribution in [2.75, 3.05) is 5.32 Å². The van der Waals surface area contributed by atoms with Gasteiger partial charge in [-0.2, -0.15) is 18.4 Å². The smallest absolute Gasteiger partial charge is 0.416 e. The van der Waals surface area contributed by atoms with Crippen molar-refractivity contribution >= 4 is 29.3 Å². The Labute approximate surface area is 187 Å². The fourth-order valence-electron chi connectivity index (χ4n) is 2.72. The molecule has 0 fully saturated rings. The van der Waals surface area contributed by atoms with Gasteiger partial charge in [0, 0.05) is 16.3 Å². The van der Waals surface area contributed by atoms with Crippen LogP contribution >= 0.6 is 11.6 Å². The molecule has 0 aliphatic carbocycles. The Morgan fingerprint density at radius 1 is 1.06 bits per heavy atom. The Kier molecular flexibility index (Phi) is 7.18. The number of halogens is 4. The fraction of sp³-hybridized carbons (Fsp3) is 0.0833. The molecule has 0 saturated heterocycles. The van der Waals surface area contributed by atoms with E-state index in [9.17, 15) is 23.2 Å². The molecule has 4 nitrogen and oxygen atoms in total. The fourth-order valence-corrected chi connectivity index (χ4v) is 2.91. The minimum Gasteiger partial charge on any atom is -0.489 e. The van der Waals surface area contributed by atoms with Gasteiger partial charge in [0.25, 0.3) is 5.91 Å². The van der Waals surface area contributed by atoms with Crippen molar-refractivity contribution < 1.29 is 22.7 Å². The van der Waals surface area contributed by atoms with E-state index in [1.807, 2.05) is 18.2 Å². The number of hydrogen-bond acceptors (Lipinski definition) is 3. The van der Waals surface area contributed by atoms with E-state index in [-0.39, 0.29) is 17.9 Å². The van der Waals surface area contributed by atoms with E-state index in [4.69, 9.17) is 16.3 Å². The molecular formula is C24H16ClF3N2O2. The summed E-state index contributed by atoms with van der Waals surface area (Å²) in [5.41, 5.74) is 0.161. The van der Waals surface area contributed by atoms with Crippen molar-refractivity contribution in [1.29, 1.82) is 5.26 Å². The van der Waals surface area contributed by atoms with Crippen molar-refractivity contribution in [3.8, 4) is 11.8 Å². The molecule has 162 valence electrons. The van der Waals surface area contributed by atoms with Crippen LogP contribution in [0.2, 0.25) is 5.02 Å². The lowest BCUT2D eigenvalue weighted by Crippen LogP contribution is -2.14. The van der Waals surface area contributed by atoms with Crippen LogP contribution in [0.1, 0.15) is 16.7 Å². The molecule has 0 radical (unpaired) electrons. The third kappa shape index (κ3) is 6.13. The molecule has 3 aromatic carbocycles. The third-order valence-corrected chi connectivity index (χ3v) is 4.72. The molecular weight excluding hydrogens is 441 g/mol. The summed E-state index contributed by atoms with van der Waals surface area (Å²) in [5, 5.41) is 12.2. The number of amides is 1. The van der Waals surface area contributed by atoms with Crippen LogP contribution in [0.5, 0.6) is 5.75 Å². The first-order chi connectivity index (χ1) is 15.3. The van der Waals surface area contributed by atoms with E-state index in [1.54, 1.807) is 36.4 Å². The number of hydrogen-bond donors (Lipinski definition) is 1. The van der Waals surface area contributed by atoms with Crippen LogP contribution in [0.3, 0.4) is 0 Å². The first kappa shape index (κ1) is 22.9. The first-order valence-electron chi connectivity index (χ1n) is 9.33. The average molecular weight is 457 g/mol. The van der Waals surface area contributed by atoms with Crippen molar-refractivity contribution in [2.45, 2.75) is 12.8 Å². The first-order valence-corrected chi connectivity index (χ1v) is 9.71. The largest absolute Gasteiger partial charge is 0.489 e. The molecule has 3 aromatic rings. The van der Waals surface area contributed by atoms with E-state index in [0.29, 0.717) is 16.3 Å². The molecule has 1 N–H and O–H groups in total. The Balaban J connectivity index is 1.67. The third-order valence-electron chi connectivity index (χ3n) is 4.36. The van der Waals surface area contributed by atoms with Crippen LogP contribution < -0.4 is 10.1 Å². The summed E-state index contributed by atoms with van der Waals surface area (Å²) in [6, 6.07) is 19.9. The lowest BCUT2D eigenvalue weighted by molar-refractivity contribution is -0.137. The lowest BCUT2D eigenvalue weighted by atomic mass is 10.1. The highest BCUT2D eigenvalue weighted by Crippen LogP contribution is 2.30. The summed E-state index contributed by atoms with van der Waals surface area (Å²) in [6.07, 6.45) is -3.20. The molecule has 3 rings (SSSR count). The van der Waals surface area contributed by atoms with E-state index >= 15 is 0 Å². The van der Waals surface area contributed by atoms with Gasteiger partial charge in [-0.25, -0.2) is 0 Å². The molecule has 0 saturated carbocycles. The average Bonchev–Trinajstić information content (AvgIpc) is 2.77. The maximum Gasteiger partial charge on any atom is 0.416 e. The Morgan fingerprint density at radius 3 is 2.44 bits per heavy atom. The number of anilines is 1. The molecule has 0 aliphatic rings. The van der Waals surface area contributed by atoms with Crippen LogP contribution in [-0.2, 0) is 17.6 Å². The molecule has 0 bridgehead atoms. The van der Waals surface area contributed by atoms with Crippen molar-refractivity contribution in [2.24, 2.45) is 0 Å². The summed E-state index contributed by atoms with van der Waals surface area (Å²) in [5.74, 6) is -0.250. The minimum absolute atomic E-state index is 0.0608. The van der Waals surface area contributed by atoms with E-state index < -0.39 is 17.6 Å². The monoisotopic (exact) mass is 456 g/mol. The number of alkyl halides is 3. The molecule has 8 heteroatoms.